The van der Waals surface area contributed by atoms with Crippen molar-refractivity contribution in [3.8, 4) is 0 Å². The summed E-state index contributed by atoms with van der Waals surface area (Å²) in [6.45, 7) is 6.40. The number of likely N-dealkylation sites (tertiary alicyclic amines) is 1. The number of carbonyl (C=O) groups is 1. The van der Waals surface area contributed by atoms with Crippen molar-refractivity contribution in [3.63, 3.8) is 0 Å². The summed E-state index contributed by atoms with van der Waals surface area (Å²) in [5.41, 5.74) is 8.81. The summed E-state index contributed by atoms with van der Waals surface area (Å²) >= 11 is 0. The number of nitrogens with zero attached hydrogens (tertiary/aromatic N) is 1. The van der Waals surface area contributed by atoms with Crippen LogP contribution in [-0.4, -0.2) is 30.4 Å². The molecule has 3 heteroatoms. The fourth-order valence-corrected chi connectivity index (χ4v) is 2.67. The van der Waals surface area contributed by atoms with Crippen LogP contribution in [0.2, 0.25) is 0 Å². The summed E-state index contributed by atoms with van der Waals surface area (Å²) < 4.78 is 0. The third-order valence-corrected chi connectivity index (χ3v) is 3.75. The van der Waals surface area contributed by atoms with E-state index in [1.54, 1.807) is 0 Å². The van der Waals surface area contributed by atoms with Gasteiger partial charge in [-0.05, 0) is 50.8 Å². The Morgan fingerprint density at radius 2 is 2.22 bits per heavy atom. The SMILES string of the molecule is Cc1ccc(C(=O)N2CCCC(CN)C2)c(C)c1. The topological polar surface area (TPSA) is 46.3 Å². The highest BCUT2D eigenvalue weighted by molar-refractivity contribution is 5.95. The maximum Gasteiger partial charge on any atom is 0.254 e. The zero-order valence-corrected chi connectivity index (χ0v) is 11.3. The van der Waals surface area contributed by atoms with E-state index >= 15 is 0 Å². The van der Waals surface area contributed by atoms with Gasteiger partial charge in [-0.1, -0.05) is 17.7 Å². The Bertz CT molecular complexity index is 442. The van der Waals surface area contributed by atoms with E-state index in [1.807, 2.05) is 30.9 Å². The summed E-state index contributed by atoms with van der Waals surface area (Å²) in [4.78, 5) is 14.4. The molecule has 1 unspecified atom stereocenters. The highest BCUT2D eigenvalue weighted by atomic mass is 16.2. The molecule has 98 valence electrons. The molecule has 2 N–H and O–H groups in total. The van der Waals surface area contributed by atoms with Gasteiger partial charge in [0.15, 0.2) is 0 Å². The number of aryl methyl sites for hydroxylation is 2. The van der Waals surface area contributed by atoms with Gasteiger partial charge in [-0.15, -0.1) is 0 Å². The highest BCUT2D eigenvalue weighted by Crippen LogP contribution is 2.19. The number of piperidine rings is 1. The quantitative estimate of drug-likeness (QED) is 0.868. The molecular formula is C15H22N2O. The van der Waals surface area contributed by atoms with Crippen LogP contribution in [0.5, 0.6) is 0 Å². The average Bonchev–Trinajstić information content (AvgIpc) is 2.38. The lowest BCUT2D eigenvalue weighted by Gasteiger charge is -2.32. The van der Waals surface area contributed by atoms with Crippen LogP contribution in [0.15, 0.2) is 18.2 Å². The molecule has 2 rings (SSSR count). The minimum atomic E-state index is 0.158. The third kappa shape index (κ3) is 2.72. The Kier molecular flexibility index (Phi) is 4.02. The molecule has 3 nitrogen and oxygen atoms in total. The van der Waals surface area contributed by atoms with Gasteiger partial charge in [-0.3, -0.25) is 4.79 Å². The van der Waals surface area contributed by atoms with Crippen LogP contribution in [0.25, 0.3) is 0 Å². The molecule has 1 saturated heterocycles. The van der Waals surface area contributed by atoms with Gasteiger partial charge in [0.1, 0.15) is 0 Å². The fraction of sp³-hybridized carbons (Fsp3) is 0.533. The van der Waals surface area contributed by atoms with Gasteiger partial charge in [-0.2, -0.15) is 0 Å². The van der Waals surface area contributed by atoms with Gasteiger partial charge in [0.2, 0.25) is 0 Å². The molecule has 0 bridgehead atoms. The smallest absolute Gasteiger partial charge is 0.254 e. The lowest BCUT2D eigenvalue weighted by atomic mass is 9.96. The van der Waals surface area contributed by atoms with E-state index in [0.29, 0.717) is 12.5 Å². The zero-order chi connectivity index (χ0) is 13.1. The molecule has 1 aliphatic heterocycles. The van der Waals surface area contributed by atoms with Crippen LogP contribution < -0.4 is 5.73 Å². The summed E-state index contributed by atoms with van der Waals surface area (Å²) in [6.07, 6.45) is 2.21. The lowest BCUT2D eigenvalue weighted by molar-refractivity contribution is 0.0677. The molecule has 1 heterocycles. The van der Waals surface area contributed by atoms with Crippen molar-refractivity contribution < 1.29 is 4.79 Å². The second-order valence-electron chi connectivity index (χ2n) is 5.31. The van der Waals surface area contributed by atoms with Gasteiger partial charge in [0, 0.05) is 18.7 Å². The number of nitrogens with two attached hydrogens (primary N) is 1. The Hall–Kier alpha value is -1.35. The first kappa shape index (κ1) is 13.1. The molecule has 18 heavy (non-hydrogen) atoms. The maximum absolute atomic E-state index is 12.5. The minimum absolute atomic E-state index is 0.158. The zero-order valence-electron chi connectivity index (χ0n) is 11.3. The second kappa shape index (κ2) is 5.53. The first-order chi connectivity index (χ1) is 8.61. The Labute approximate surface area is 109 Å². The van der Waals surface area contributed by atoms with Gasteiger partial charge in [0.05, 0.1) is 0 Å². The fourth-order valence-electron chi connectivity index (χ4n) is 2.67. The van der Waals surface area contributed by atoms with Crippen LogP contribution >= 0.6 is 0 Å². The molecule has 1 atom stereocenters. The number of hydrogen-bond acceptors (Lipinski definition) is 2. The van der Waals surface area contributed by atoms with E-state index in [0.717, 1.165) is 37.1 Å². The normalized spacial score (nSPS) is 19.9. The van der Waals surface area contributed by atoms with E-state index in [4.69, 9.17) is 5.73 Å². The third-order valence-electron chi connectivity index (χ3n) is 3.75. The molecule has 0 radical (unpaired) electrons. The Balaban J connectivity index is 2.15. The van der Waals surface area contributed by atoms with E-state index < -0.39 is 0 Å². The molecule has 1 amide bonds. The van der Waals surface area contributed by atoms with Gasteiger partial charge in [-0.25, -0.2) is 0 Å². The van der Waals surface area contributed by atoms with E-state index in [2.05, 4.69) is 6.07 Å². The summed E-state index contributed by atoms with van der Waals surface area (Å²) in [5.74, 6) is 0.624. The summed E-state index contributed by atoms with van der Waals surface area (Å²) in [7, 11) is 0. The molecule has 1 fully saturated rings. The first-order valence-electron chi connectivity index (χ1n) is 6.68. The van der Waals surface area contributed by atoms with Crippen molar-refractivity contribution in [1.29, 1.82) is 0 Å². The van der Waals surface area contributed by atoms with Crippen molar-refractivity contribution in [1.82, 2.24) is 4.90 Å². The van der Waals surface area contributed by atoms with Crippen molar-refractivity contribution in [2.45, 2.75) is 26.7 Å². The van der Waals surface area contributed by atoms with Gasteiger partial charge >= 0.3 is 0 Å². The summed E-state index contributed by atoms with van der Waals surface area (Å²) in [6, 6.07) is 6.02. The average molecular weight is 246 g/mol. The predicted octanol–water partition coefficient (Wildman–Crippen LogP) is 2.11. The molecule has 1 aromatic carbocycles. The molecule has 1 aromatic rings. The summed E-state index contributed by atoms with van der Waals surface area (Å²) in [5, 5.41) is 0. The molecular weight excluding hydrogens is 224 g/mol. The largest absolute Gasteiger partial charge is 0.338 e. The van der Waals surface area contributed by atoms with E-state index in [9.17, 15) is 4.79 Å². The number of hydrogen-bond donors (Lipinski definition) is 1. The molecule has 0 aliphatic carbocycles. The van der Waals surface area contributed by atoms with Crippen LogP contribution in [0.4, 0.5) is 0 Å². The lowest BCUT2D eigenvalue weighted by Crippen LogP contribution is -2.42. The molecule has 0 spiro atoms. The number of amides is 1. The molecule has 1 aliphatic rings. The molecule has 0 saturated carbocycles. The monoisotopic (exact) mass is 246 g/mol. The van der Waals surface area contributed by atoms with Crippen LogP contribution in [0, 0.1) is 19.8 Å². The number of carbonyl (C=O) groups excluding carboxylic acids is 1. The maximum atomic E-state index is 12.5. The Morgan fingerprint density at radius 1 is 1.44 bits per heavy atom. The van der Waals surface area contributed by atoms with Gasteiger partial charge in [0.25, 0.3) is 5.91 Å². The minimum Gasteiger partial charge on any atom is -0.338 e. The van der Waals surface area contributed by atoms with Crippen LogP contribution in [-0.2, 0) is 0 Å². The first-order valence-corrected chi connectivity index (χ1v) is 6.68. The van der Waals surface area contributed by atoms with Gasteiger partial charge < -0.3 is 10.6 Å². The molecule has 0 aromatic heterocycles. The number of benzene rings is 1. The second-order valence-corrected chi connectivity index (χ2v) is 5.31. The van der Waals surface area contributed by atoms with Crippen molar-refractivity contribution >= 4 is 5.91 Å². The predicted molar refractivity (Wildman–Crippen MR) is 73.6 cm³/mol. The van der Waals surface area contributed by atoms with E-state index in [1.165, 1.54) is 5.56 Å². The van der Waals surface area contributed by atoms with Crippen molar-refractivity contribution in [3.05, 3.63) is 34.9 Å². The van der Waals surface area contributed by atoms with Crippen LogP contribution in [0.1, 0.15) is 34.3 Å². The van der Waals surface area contributed by atoms with E-state index in [-0.39, 0.29) is 5.91 Å². The van der Waals surface area contributed by atoms with Crippen LogP contribution in [0.3, 0.4) is 0 Å². The van der Waals surface area contributed by atoms with Crippen molar-refractivity contribution in [2.24, 2.45) is 11.7 Å². The highest BCUT2D eigenvalue weighted by Gasteiger charge is 2.24. The van der Waals surface area contributed by atoms with Crippen molar-refractivity contribution in [2.75, 3.05) is 19.6 Å². The Morgan fingerprint density at radius 3 is 2.89 bits per heavy atom. The standard InChI is InChI=1S/C15H22N2O/c1-11-5-6-14(12(2)8-11)15(18)17-7-3-4-13(9-16)10-17/h5-6,8,13H,3-4,7,9-10,16H2,1-2H3. The number of rotatable bonds is 2.